The highest BCUT2D eigenvalue weighted by atomic mass is 19.3. The Morgan fingerprint density at radius 1 is 1.47 bits per heavy atom. The lowest BCUT2D eigenvalue weighted by Crippen LogP contribution is -2.47. The summed E-state index contributed by atoms with van der Waals surface area (Å²) in [6, 6.07) is 4.28. The van der Waals surface area contributed by atoms with Crippen LogP contribution >= 0.6 is 0 Å². The Morgan fingerprint density at radius 2 is 2.24 bits per heavy atom. The van der Waals surface area contributed by atoms with Crippen LogP contribution in [0.4, 0.5) is 13.2 Å². The van der Waals surface area contributed by atoms with Gasteiger partial charge in [0.15, 0.2) is 0 Å². The molecule has 1 unspecified atom stereocenters. The van der Waals surface area contributed by atoms with Crippen molar-refractivity contribution in [2.24, 2.45) is 5.92 Å². The smallest absolute Gasteiger partial charge is 0.263 e. The first-order chi connectivity index (χ1) is 8.07. The molecule has 0 bridgehead atoms. The van der Waals surface area contributed by atoms with Gasteiger partial charge in [0, 0.05) is 5.92 Å². The number of fused-ring (bicyclic) bond motifs is 1. The average molecular weight is 243 g/mol. The maximum Gasteiger partial charge on any atom is 0.263 e. The molecule has 92 valence electrons. The zero-order valence-electron chi connectivity index (χ0n) is 9.21. The van der Waals surface area contributed by atoms with E-state index in [2.05, 4.69) is 5.48 Å². The molecule has 1 saturated heterocycles. The van der Waals surface area contributed by atoms with Gasteiger partial charge < -0.3 is 0 Å². The standard InChI is InChI=1S/C12H12F3NO/c1-6-7(3-2-4-9(6)13)12(11(14)15)8-5-10(8)17-16-12/h2-4,8,10-11,16H,5H2,1H3/t8?,10-,12-/m1/s1. The van der Waals surface area contributed by atoms with E-state index >= 15 is 0 Å². The van der Waals surface area contributed by atoms with E-state index in [1.165, 1.54) is 19.1 Å². The minimum absolute atomic E-state index is 0.160. The quantitative estimate of drug-likeness (QED) is 0.861. The second kappa shape index (κ2) is 3.46. The molecule has 0 spiro atoms. The first-order valence-corrected chi connectivity index (χ1v) is 5.54. The van der Waals surface area contributed by atoms with Gasteiger partial charge in [0.25, 0.3) is 6.43 Å². The molecule has 2 nitrogen and oxygen atoms in total. The van der Waals surface area contributed by atoms with Crippen molar-refractivity contribution in [3.63, 3.8) is 0 Å². The highest BCUT2D eigenvalue weighted by molar-refractivity contribution is 5.38. The number of alkyl halides is 2. The molecule has 1 aliphatic carbocycles. The molecule has 1 aromatic carbocycles. The highest BCUT2D eigenvalue weighted by Crippen LogP contribution is 2.55. The highest BCUT2D eigenvalue weighted by Gasteiger charge is 2.65. The Bertz CT molecular complexity index is 465. The topological polar surface area (TPSA) is 21.3 Å². The second-order valence-electron chi connectivity index (χ2n) is 4.68. The van der Waals surface area contributed by atoms with Crippen molar-refractivity contribution in [1.82, 2.24) is 5.48 Å². The van der Waals surface area contributed by atoms with Gasteiger partial charge in [-0.05, 0) is 30.5 Å². The molecule has 1 aromatic rings. The van der Waals surface area contributed by atoms with Gasteiger partial charge in [-0.15, -0.1) is 0 Å². The van der Waals surface area contributed by atoms with E-state index in [0.717, 1.165) is 0 Å². The Balaban J connectivity index is 2.14. The summed E-state index contributed by atoms with van der Waals surface area (Å²) in [7, 11) is 0. The zero-order valence-corrected chi connectivity index (χ0v) is 9.21. The van der Waals surface area contributed by atoms with Gasteiger partial charge in [-0.1, -0.05) is 12.1 Å². The molecular formula is C12H12F3NO. The molecule has 1 heterocycles. The van der Waals surface area contributed by atoms with Gasteiger partial charge in [0.2, 0.25) is 0 Å². The molecule has 1 N–H and O–H groups in total. The van der Waals surface area contributed by atoms with Gasteiger partial charge >= 0.3 is 0 Å². The second-order valence-corrected chi connectivity index (χ2v) is 4.68. The molecule has 2 aliphatic rings. The number of nitrogens with one attached hydrogen (secondary N) is 1. The minimum Gasteiger partial charge on any atom is -0.297 e. The van der Waals surface area contributed by atoms with Crippen LogP contribution in [0.1, 0.15) is 17.5 Å². The van der Waals surface area contributed by atoms with Crippen molar-refractivity contribution in [3.05, 3.63) is 35.1 Å². The number of hydroxylamine groups is 1. The van der Waals surface area contributed by atoms with Crippen LogP contribution < -0.4 is 5.48 Å². The summed E-state index contributed by atoms with van der Waals surface area (Å²) in [5.41, 5.74) is 1.46. The third-order valence-corrected chi connectivity index (χ3v) is 3.75. The predicted molar refractivity (Wildman–Crippen MR) is 54.9 cm³/mol. The van der Waals surface area contributed by atoms with Crippen molar-refractivity contribution in [2.45, 2.75) is 31.4 Å². The van der Waals surface area contributed by atoms with E-state index in [0.29, 0.717) is 12.0 Å². The molecule has 17 heavy (non-hydrogen) atoms. The molecule has 5 heteroatoms. The molecular weight excluding hydrogens is 231 g/mol. The van der Waals surface area contributed by atoms with Crippen molar-refractivity contribution >= 4 is 0 Å². The fourth-order valence-electron chi connectivity index (χ4n) is 2.66. The SMILES string of the molecule is Cc1c(F)cccc1[C@@]1(C(F)F)NO[C@@H]2CC21. The maximum absolute atomic E-state index is 13.5. The third-order valence-electron chi connectivity index (χ3n) is 3.75. The van der Waals surface area contributed by atoms with E-state index in [-0.39, 0.29) is 17.6 Å². The van der Waals surface area contributed by atoms with Gasteiger partial charge in [-0.25, -0.2) is 13.2 Å². The Morgan fingerprint density at radius 3 is 2.76 bits per heavy atom. The van der Waals surface area contributed by atoms with E-state index in [9.17, 15) is 13.2 Å². The average Bonchev–Trinajstić information content (AvgIpc) is 2.97. The number of hydrogen-bond donors (Lipinski definition) is 1. The van der Waals surface area contributed by atoms with Crippen LogP contribution in [0, 0.1) is 18.7 Å². The first-order valence-electron chi connectivity index (χ1n) is 5.54. The van der Waals surface area contributed by atoms with Crippen LogP contribution in [0.3, 0.4) is 0 Å². The summed E-state index contributed by atoms with van der Waals surface area (Å²) < 4.78 is 40.3. The zero-order chi connectivity index (χ0) is 12.2. The maximum atomic E-state index is 13.5. The molecule has 3 atom stereocenters. The van der Waals surface area contributed by atoms with Crippen LogP contribution in [0.15, 0.2) is 18.2 Å². The van der Waals surface area contributed by atoms with Crippen LogP contribution in [0.5, 0.6) is 0 Å². The largest absolute Gasteiger partial charge is 0.297 e. The summed E-state index contributed by atoms with van der Waals surface area (Å²) in [5.74, 6) is -0.726. The Labute approximate surface area is 96.7 Å². The predicted octanol–water partition coefficient (Wildman–Crippen LogP) is 2.52. The number of hydrogen-bond acceptors (Lipinski definition) is 2. The molecule has 0 amide bonds. The molecule has 0 radical (unpaired) electrons. The fraction of sp³-hybridized carbons (Fsp3) is 0.500. The number of rotatable bonds is 2. The van der Waals surface area contributed by atoms with E-state index in [1.807, 2.05) is 0 Å². The third kappa shape index (κ3) is 1.35. The van der Waals surface area contributed by atoms with Gasteiger partial charge in [0.1, 0.15) is 11.4 Å². The Kier molecular flexibility index (Phi) is 2.25. The van der Waals surface area contributed by atoms with Crippen molar-refractivity contribution in [3.8, 4) is 0 Å². The van der Waals surface area contributed by atoms with Gasteiger partial charge in [0.05, 0.1) is 6.10 Å². The summed E-state index contributed by atoms with van der Waals surface area (Å²) >= 11 is 0. The summed E-state index contributed by atoms with van der Waals surface area (Å²) in [4.78, 5) is 5.10. The lowest BCUT2D eigenvalue weighted by Gasteiger charge is -2.31. The fourth-order valence-corrected chi connectivity index (χ4v) is 2.66. The summed E-state index contributed by atoms with van der Waals surface area (Å²) in [6.07, 6.45) is -2.18. The number of benzene rings is 1. The molecule has 1 aliphatic heterocycles. The van der Waals surface area contributed by atoms with Crippen LogP contribution in [0.25, 0.3) is 0 Å². The van der Waals surface area contributed by atoms with Crippen LogP contribution in [-0.2, 0) is 10.4 Å². The number of halogens is 3. The van der Waals surface area contributed by atoms with Crippen LogP contribution in [0.2, 0.25) is 0 Å². The minimum atomic E-state index is -2.62. The van der Waals surface area contributed by atoms with E-state index < -0.39 is 17.8 Å². The molecule has 1 saturated carbocycles. The normalized spacial score (nSPS) is 35.1. The van der Waals surface area contributed by atoms with E-state index in [4.69, 9.17) is 4.84 Å². The van der Waals surface area contributed by atoms with Crippen LogP contribution in [-0.4, -0.2) is 12.5 Å². The van der Waals surface area contributed by atoms with Crippen molar-refractivity contribution in [2.75, 3.05) is 0 Å². The van der Waals surface area contributed by atoms with Gasteiger partial charge in [-0.2, -0.15) is 5.48 Å². The Hall–Kier alpha value is -1.07. The monoisotopic (exact) mass is 243 g/mol. The lowest BCUT2D eigenvalue weighted by molar-refractivity contribution is -0.0556. The molecule has 2 fully saturated rings. The molecule has 3 rings (SSSR count). The van der Waals surface area contributed by atoms with E-state index in [1.54, 1.807) is 6.07 Å². The van der Waals surface area contributed by atoms with Crippen molar-refractivity contribution in [1.29, 1.82) is 0 Å². The summed E-state index contributed by atoms with van der Waals surface area (Å²) in [5, 5.41) is 0. The lowest BCUT2D eigenvalue weighted by atomic mass is 9.83. The van der Waals surface area contributed by atoms with Gasteiger partial charge in [-0.3, -0.25) is 4.84 Å². The van der Waals surface area contributed by atoms with Crippen molar-refractivity contribution < 1.29 is 18.0 Å². The molecule has 0 aromatic heterocycles. The first kappa shape index (κ1) is 11.0. The summed E-state index contributed by atoms with van der Waals surface area (Å²) in [6.45, 7) is 1.52.